The molecule has 2 aromatic carbocycles. The maximum atomic E-state index is 7.50. The van der Waals surface area contributed by atoms with Gasteiger partial charge in [-0.15, -0.1) is 0 Å². The summed E-state index contributed by atoms with van der Waals surface area (Å²) < 4.78 is 22.5. The van der Waals surface area contributed by atoms with Gasteiger partial charge in [0, 0.05) is 17.1 Å². The zero-order valence-corrected chi connectivity index (χ0v) is 14.9. The summed E-state index contributed by atoms with van der Waals surface area (Å²) in [5.74, 6) is 0. The molecule has 0 aliphatic heterocycles. The molecule has 25 heavy (non-hydrogen) atoms. The van der Waals surface area contributed by atoms with Gasteiger partial charge in [0.15, 0.2) is 0 Å². The Morgan fingerprint density at radius 1 is 0.600 bits per heavy atom. The Hall–Kier alpha value is -2.48. The minimum Gasteiger partial charge on any atom is 0 e. The Bertz CT molecular complexity index is 623. The monoisotopic (exact) mass is 376 g/mol. The molecule has 0 bridgehead atoms. The molecule has 0 amide bonds. The molecular weight excluding hydrogens is 360 g/mol. The van der Waals surface area contributed by atoms with Gasteiger partial charge in [0.2, 0.25) is 0 Å². The molecule has 0 radical (unpaired) electrons. The molecule has 2 aromatic rings. The zero-order chi connectivity index (χ0) is 18.8. The van der Waals surface area contributed by atoms with E-state index in [1.165, 1.54) is 0 Å². The summed E-state index contributed by atoms with van der Waals surface area (Å²) in [6.07, 6.45) is 0. The van der Waals surface area contributed by atoms with Gasteiger partial charge in [-0.25, -0.2) is 0 Å². The number of aliphatic imine (C=N–C) groups is 2. The van der Waals surface area contributed by atoms with Crippen molar-refractivity contribution in [2.24, 2.45) is 9.98 Å². The average Bonchev–Trinajstić information content (AvgIpc) is 2.68. The fourth-order valence-corrected chi connectivity index (χ4v) is 1.55. The maximum Gasteiger partial charge on any atom is 0 e. The van der Waals surface area contributed by atoms with E-state index in [2.05, 4.69) is 29.9 Å². The van der Waals surface area contributed by atoms with Gasteiger partial charge < -0.3 is 0 Å². The molecule has 0 fully saturated rings. The SMILES string of the molecule is CC(=Nc1ccccc1)C(C)=Nc1ccccc1.[C-]#[O+].[C-]#[O+].[C-]#[O+].[Fe]. The summed E-state index contributed by atoms with van der Waals surface area (Å²) in [5, 5.41) is 0. The van der Waals surface area contributed by atoms with Crippen molar-refractivity contribution >= 4 is 22.8 Å². The van der Waals surface area contributed by atoms with Crippen molar-refractivity contribution in [3.8, 4) is 0 Å². The molecule has 0 atom stereocenters. The van der Waals surface area contributed by atoms with Crippen molar-refractivity contribution in [3.63, 3.8) is 0 Å². The fraction of sp³-hybridized carbons (Fsp3) is 0.105. The number of nitrogens with zero attached hydrogens (tertiary/aromatic N) is 2. The van der Waals surface area contributed by atoms with Gasteiger partial charge in [0.25, 0.3) is 0 Å². The smallest absolute Gasteiger partial charge is 0 e. The van der Waals surface area contributed by atoms with Crippen LogP contribution in [0.4, 0.5) is 11.4 Å². The summed E-state index contributed by atoms with van der Waals surface area (Å²) in [6, 6.07) is 19.8. The molecule has 0 aliphatic rings. The zero-order valence-electron chi connectivity index (χ0n) is 13.7. The molecule has 0 heterocycles. The molecule has 5 nitrogen and oxygen atoms in total. The quantitative estimate of drug-likeness (QED) is 0.328. The van der Waals surface area contributed by atoms with E-state index in [0.717, 1.165) is 22.8 Å². The third kappa shape index (κ3) is 12.6. The number of hydrogen-bond acceptors (Lipinski definition) is 2. The number of para-hydroxylation sites is 2. The molecule has 0 N–H and O–H groups in total. The molecule has 2 rings (SSSR count). The predicted molar refractivity (Wildman–Crippen MR) is 90.2 cm³/mol. The second kappa shape index (κ2) is 19.6. The molecule has 128 valence electrons. The van der Waals surface area contributed by atoms with E-state index in [0.29, 0.717) is 0 Å². The molecule has 0 unspecified atom stereocenters. The topological polar surface area (TPSA) is 84.4 Å². The standard InChI is InChI=1S/C16H16N2.3CO.Fe/c1-13(17-15-9-5-3-6-10-15)14(2)18-16-11-7-4-8-12-16;3*1-2;/h3-12H,1-2H3;;;;. The van der Waals surface area contributed by atoms with Crippen molar-refractivity contribution < 1.29 is 31.0 Å². The number of hydrogen-bond donors (Lipinski definition) is 0. The van der Waals surface area contributed by atoms with Crippen LogP contribution in [-0.4, -0.2) is 11.4 Å². The van der Waals surface area contributed by atoms with E-state index in [4.69, 9.17) is 14.0 Å². The van der Waals surface area contributed by atoms with Crippen molar-refractivity contribution in [1.82, 2.24) is 0 Å². The van der Waals surface area contributed by atoms with Crippen LogP contribution in [0.3, 0.4) is 0 Å². The maximum absolute atomic E-state index is 7.50. The van der Waals surface area contributed by atoms with E-state index < -0.39 is 0 Å². The van der Waals surface area contributed by atoms with Crippen LogP contribution in [0.2, 0.25) is 0 Å². The first-order chi connectivity index (χ1) is 11.8. The van der Waals surface area contributed by atoms with Crippen molar-refractivity contribution in [1.29, 1.82) is 0 Å². The van der Waals surface area contributed by atoms with Gasteiger partial charge in [-0.3, -0.25) is 9.98 Å². The molecular formula is C19H16FeN2O3. The summed E-state index contributed by atoms with van der Waals surface area (Å²) >= 11 is 0. The Kier molecular flexibility index (Phi) is 21.4. The van der Waals surface area contributed by atoms with Gasteiger partial charge in [0.05, 0.1) is 22.8 Å². The van der Waals surface area contributed by atoms with Crippen LogP contribution >= 0.6 is 0 Å². The molecule has 0 aromatic heterocycles. The van der Waals surface area contributed by atoms with Crippen LogP contribution in [0, 0.1) is 20.0 Å². The predicted octanol–water partition coefficient (Wildman–Crippen LogP) is 4.46. The summed E-state index contributed by atoms with van der Waals surface area (Å²) in [6.45, 7) is 17.5. The van der Waals surface area contributed by atoms with Crippen LogP contribution in [-0.2, 0) is 31.0 Å². The second-order valence-corrected chi connectivity index (χ2v) is 4.07. The van der Waals surface area contributed by atoms with E-state index in [1.807, 2.05) is 74.5 Å². The van der Waals surface area contributed by atoms with Crippen molar-refractivity contribution in [2.45, 2.75) is 13.8 Å². The van der Waals surface area contributed by atoms with Gasteiger partial charge in [-0.2, -0.15) is 0 Å². The van der Waals surface area contributed by atoms with E-state index in [9.17, 15) is 0 Å². The second-order valence-electron chi connectivity index (χ2n) is 4.07. The average molecular weight is 376 g/mol. The first kappa shape index (κ1) is 27.4. The molecule has 0 saturated carbocycles. The third-order valence-corrected chi connectivity index (χ3v) is 2.63. The molecule has 6 heteroatoms. The summed E-state index contributed by atoms with van der Waals surface area (Å²) in [5.41, 5.74) is 3.78. The van der Waals surface area contributed by atoms with E-state index in [1.54, 1.807) is 0 Å². The van der Waals surface area contributed by atoms with Gasteiger partial charge in [0.1, 0.15) is 0 Å². The Morgan fingerprint density at radius 2 is 0.840 bits per heavy atom. The Labute approximate surface area is 158 Å². The van der Waals surface area contributed by atoms with E-state index >= 15 is 0 Å². The first-order valence-corrected chi connectivity index (χ1v) is 6.58. The molecule has 0 spiro atoms. The Morgan fingerprint density at radius 3 is 1.08 bits per heavy atom. The summed E-state index contributed by atoms with van der Waals surface area (Å²) in [4.78, 5) is 9.08. The summed E-state index contributed by atoms with van der Waals surface area (Å²) in [7, 11) is 0. The molecule has 0 saturated heterocycles. The van der Waals surface area contributed by atoms with Crippen molar-refractivity contribution in [2.75, 3.05) is 0 Å². The van der Waals surface area contributed by atoms with Crippen LogP contribution in [0.15, 0.2) is 70.6 Å². The Balaban J connectivity index is -0.000000626. The van der Waals surface area contributed by atoms with Crippen LogP contribution < -0.4 is 0 Å². The minimum atomic E-state index is 0. The first-order valence-electron chi connectivity index (χ1n) is 6.58. The largest absolute Gasteiger partial charge is 0 e. The fourth-order valence-electron chi connectivity index (χ4n) is 1.55. The van der Waals surface area contributed by atoms with Gasteiger partial charge in [-0.05, 0) is 38.1 Å². The minimum absolute atomic E-state index is 0. The van der Waals surface area contributed by atoms with E-state index in [-0.39, 0.29) is 17.1 Å². The third-order valence-electron chi connectivity index (χ3n) is 2.63. The normalized spacial score (nSPS) is 9.28. The number of benzene rings is 2. The van der Waals surface area contributed by atoms with Gasteiger partial charge >= 0.3 is 33.9 Å². The van der Waals surface area contributed by atoms with Crippen LogP contribution in [0.25, 0.3) is 0 Å². The van der Waals surface area contributed by atoms with Crippen LogP contribution in [0.1, 0.15) is 13.8 Å². The molecule has 0 aliphatic carbocycles. The number of rotatable bonds is 3. The van der Waals surface area contributed by atoms with Crippen molar-refractivity contribution in [3.05, 3.63) is 80.6 Å². The van der Waals surface area contributed by atoms with Crippen LogP contribution in [0.5, 0.6) is 0 Å². The van der Waals surface area contributed by atoms with Gasteiger partial charge in [-0.1, -0.05) is 36.4 Å².